The van der Waals surface area contributed by atoms with Gasteiger partial charge in [0, 0.05) is 5.56 Å². The van der Waals surface area contributed by atoms with Gasteiger partial charge < -0.3 is 18.9 Å². The molecule has 0 fully saturated rings. The van der Waals surface area contributed by atoms with Crippen LogP contribution in [0.15, 0.2) is 41.5 Å². The molecule has 0 unspecified atom stereocenters. The number of carbonyl (C=O) groups excluding carboxylic acids is 1. The van der Waals surface area contributed by atoms with E-state index in [2.05, 4.69) is 10.5 Å². The van der Waals surface area contributed by atoms with Crippen molar-refractivity contribution in [1.82, 2.24) is 5.43 Å². The molecule has 3 rings (SSSR count). The van der Waals surface area contributed by atoms with Gasteiger partial charge in [0.2, 0.25) is 6.79 Å². The molecule has 7 nitrogen and oxygen atoms in total. The number of nitrogens with one attached hydrogen (secondary N) is 1. The Morgan fingerprint density at radius 2 is 1.96 bits per heavy atom. The molecule has 7 heteroatoms. The van der Waals surface area contributed by atoms with Crippen molar-refractivity contribution in [2.45, 2.75) is 20.3 Å². The average molecular weight is 370 g/mol. The van der Waals surface area contributed by atoms with Crippen LogP contribution in [-0.4, -0.2) is 32.1 Å². The number of rotatable bonds is 8. The van der Waals surface area contributed by atoms with Gasteiger partial charge in [-0.25, -0.2) is 5.43 Å². The lowest BCUT2D eigenvalue weighted by atomic mass is 10.2. The van der Waals surface area contributed by atoms with Gasteiger partial charge in [0.05, 0.1) is 19.4 Å². The van der Waals surface area contributed by atoms with Crippen LogP contribution in [0.2, 0.25) is 0 Å². The van der Waals surface area contributed by atoms with E-state index in [1.807, 2.05) is 32.0 Å². The standard InChI is InChI=1S/C20H22N2O5/c1-3-9-25-16-7-5-14(10-18(16)24-4-2)12-21-22-20(23)15-6-8-17-19(11-15)27-13-26-17/h5-8,10-12H,3-4,9,13H2,1-2H3,(H,22,23)/b21-12-. The quantitative estimate of drug-likeness (QED) is 0.569. The summed E-state index contributed by atoms with van der Waals surface area (Å²) in [5.41, 5.74) is 3.73. The van der Waals surface area contributed by atoms with Gasteiger partial charge in [0.1, 0.15) is 0 Å². The summed E-state index contributed by atoms with van der Waals surface area (Å²) in [5, 5.41) is 4.01. The third-order valence-corrected chi connectivity index (χ3v) is 3.74. The van der Waals surface area contributed by atoms with Crippen molar-refractivity contribution < 1.29 is 23.7 Å². The molecule has 1 amide bonds. The molecule has 1 N–H and O–H groups in total. The number of ether oxygens (including phenoxy) is 4. The first-order chi connectivity index (χ1) is 13.2. The van der Waals surface area contributed by atoms with Crippen molar-refractivity contribution in [3.8, 4) is 23.0 Å². The summed E-state index contributed by atoms with van der Waals surface area (Å²) < 4.78 is 21.8. The van der Waals surface area contributed by atoms with Crippen LogP contribution in [-0.2, 0) is 0 Å². The van der Waals surface area contributed by atoms with E-state index in [1.165, 1.54) is 0 Å². The molecule has 1 heterocycles. The highest BCUT2D eigenvalue weighted by molar-refractivity contribution is 5.95. The zero-order chi connectivity index (χ0) is 19.1. The maximum atomic E-state index is 12.2. The third-order valence-electron chi connectivity index (χ3n) is 3.74. The molecule has 1 aliphatic rings. The monoisotopic (exact) mass is 370 g/mol. The summed E-state index contributed by atoms with van der Waals surface area (Å²) in [7, 11) is 0. The molecule has 0 spiro atoms. The van der Waals surface area contributed by atoms with E-state index in [-0.39, 0.29) is 12.7 Å². The number of hydrogen-bond acceptors (Lipinski definition) is 6. The van der Waals surface area contributed by atoms with Crippen molar-refractivity contribution in [1.29, 1.82) is 0 Å². The van der Waals surface area contributed by atoms with Gasteiger partial charge in [-0.1, -0.05) is 6.92 Å². The maximum Gasteiger partial charge on any atom is 0.271 e. The highest BCUT2D eigenvalue weighted by Gasteiger charge is 2.15. The Hall–Kier alpha value is -3.22. The molecule has 2 aromatic carbocycles. The third kappa shape index (κ3) is 4.69. The number of fused-ring (bicyclic) bond motifs is 1. The second-order valence-corrected chi connectivity index (χ2v) is 5.75. The molecule has 0 aromatic heterocycles. The van der Waals surface area contributed by atoms with E-state index >= 15 is 0 Å². The minimum absolute atomic E-state index is 0.165. The first-order valence-electron chi connectivity index (χ1n) is 8.84. The summed E-state index contributed by atoms with van der Waals surface area (Å²) in [6, 6.07) is 10.5. The molecule has 0 atom stereocenters. The van der Waals surface area contributed by atoms with Crippen LogP contribution in [0.4, 0.5) is 0 Å². The second-order valence-electron chi connectivity index (χ2n) is 5.75. The van der Waals surface area contributed by atoms with Gasteiger partial charge in [0.15, 0.2) is 23.0 Å². The largest absolute Gasteiger partial charge is 0.490 e. The van der Waals surface area contributed by atoms with E-state index in [0.29, 0.717) is 41.8 Å². The van der Waals surface area contributed by atoms with Gasteiger partial charge in [0.25, 0.3) is 5.91 Å². The summed E-state index contributed by atoms with van der Waals surface area (Å²) in [5.74, 6) is 2.19. The van der Waals surface area contributed by atoms with E-state index in [1.54, 1.807) is 24.4 Å². The van der Waals surface area contributed by atoms with Crippen LogP contribution in [0.3, 0.4) is 0 Å². The number of benzene rings is 2. The smallest absolute Gasteiger partial charge is 0.271 e. The number of hydrogen-bond donors (Lipinski definition) is 1. The number of amides is 1. The van der Waals surface area contributed by atoms with E-state index < -0.39 is 0 Å². The molecule has 0 radical (unpaired) electrons. The Bertz CT molecular complexity index is 835. The second kappa shape index (κ2) is 8.93. The van der Waals surface area contributed by atoms with Crippen LogP contribution in [0.25, 0.3) is 0 Å². The van der Waals surface area contributed by atoms with Crippen molar-refractivity contribution in [3.05, 3.63) is 47.5 Å². The predicted molar refractivity (Wildman–Crippen MR) is 101 cm³/mol. The van der Waals surface area contributed by atoms with Gasteiger partial charge in [-0.15, -0.1) is 0 Å². The van der Waals surface area contributed by atoms with Crippen molar-refractivity contribution >= 4 is 12.1 Å². The lowest BCUT2D eigenvalue weighted by molar-refractivity contribution is 0.0954. The van der Waals surface area contributed by atoms with Gasteiger partial charge in [-0.3, -0.25) is 4.79 Å². The highest BCUT2D eigenvalue weighted by Crippen LogP contribution is 2.32. The lowest BCUT2D eigenvalue weighted by Crippen LogP contribution is -2.17. The Labute approximate surface area is 157 Å². The lowest BCUT2D eigenvalue weighted by Gasteiger charge is -2.11. The summed E-state index contributed by atoms with van der Waals surface area (Å²) in [6.45, 7) is 5.28. The fraction of sp³-hybridized carbons (Fsp3) is 0.300. The van der Waals surface area contributed by atoms with E-state index in [0.717, 1.165) is 12.0 Å². The van der Waals surface area contributed by atoms with Crippen LogP contribution >= 0.6 is 0 Å². The van der Waals surface area contributed by atoms with Crippen LogP contribution < -0.4 is 24.4 Å². The molecule has 142 valence electrons. The normalized spacial score (nSPS) is 12.2. The fourth-order valence-corrected chi connectivity index (χ4v) is 2.47. The maximum absolute atomic E-state index is 12.2. The zero-order valence-corrected chi connectivity index (χ0v) is 15.4. The van der Waals surface area contributed by atoms with Crippen molar-refractivity contribution in [2.24, 2.45) is 5.10 Å². The summed E-state index contributed by atoms with van der Waals surface area (Å²) in [4.78, 5) is 12.2. The molecule has 0 bridgehead atoms. The molecule has 0 saturated carbocycles. The molecular weight excluding hydrogens is 348 g/mol. The topological polar surface area (TPSA) is 78.4 Å². The van der Waals surface area contributed by atoms with Gasteiger partial charge in [-0.2, -0.15) is 5.10 Å². The number of nitrogens with zero attached hydrogens (tertiary/aromatic N) is 1. The van der Waals surface area contributed by atoms with E-state index in [4.69, 9.17) is 18.9 Å². The first-order valence-corrected chi connectivity index (χ1v) is 8.84. The number of carbonyl (C=O) groups is 1. The summed E-state index contributed by atoms with van der Waals surface area (Å²) >= 11 is 0. The Morgan fingerprint density at radius 1 is 1.11 bits per heavy atom. The molecule has 0 saturated heterocycles. The Balaban J connectivity index is 1.64. The molecule has 2 aromatic rings. The van der Waals surface area contributed by atoms with Crippen LogP contribution in [0.1, 0.15) is 36.2 Å². The van der Waals surface area contributed by atoms with Gasteiger partial charge >= 0.3 is 0 Å². The minimum atomic E-state index is -0.336. The van der Waals surface area contributed by atoms with Gasteiger partial charge in [-0.05, 0) is 55.3 Å². The molecule has 1 aliphatic heterocycles. The Morgan fingerprint density at radius 3 is 2.78 bits per heavy atom. The first kappa shape index (κ1) is 18.6. The fourth-order valence-electron chi connectivity index (χ4n) is 2.47. The van der Waals surface area contributed by atoms with Crippen LogP contribution in [0.5, 0.6) is 23.0 Å². The molecule has 27 heavy (non-hydrogen) atoms. The van der Waals surface area contributed by atoms with Crippen molar-refractivity contribution in [2.75, 3.05) is 20.0 Å². The SMILES string of the molecule is CCCOc1ccc(/C=N\NC(=O)c2ccc3c(c2)OCO3)cc1OCC. The number of hydrazone groups is 1. The minimum Gasteiger partial charge on any atom is -0.490 e. The predicted octanol–water partition coefficient (Wildman–Crippen LogP) is 3.37. The highest BCUT2D eigenvalue weighted by atomic mass is 16.7. The molecule has 0 aliphatic carbocycles. The average Bonchev–Trinajstić information content (AvgIpc) is 3.15. The van der Waals surface area contributed by atoms with Crippen molar-refractivity contribution in [3.63, 3.8) is 0 Å². The summed E-state index contributed by atoms with van der Waals surface area (Å²) in [6.07, 6.45) is 2.47. The zero-order valence-electron chi connectivity index (χ0n) is 15.4. The van der Waals surface area contributed by atoms with Crippen LogP contribution in [0, 0.1) is 0 Å². The molecular formula is C20H22N2O5. The van der Waals surface area contributed by atoms with E-state index in [9.17, 15) is 4.79 Å². The Kier molecular flexibility index (Phi) is 6.14.